The topological polar surface area (TPSA) is 122 Å². The number of nitrogens with two attached hydrogens (primary N) is 1. The van der Waals surface area contributed by atoms with Crippen molar-refractivity contribution in [2.24, 2.45) is 5.92 Å². The molecule has 1 saturated carbocycles. The second kappa shape index (κ2) is 7.40. The zero-order valence-electron chi connectivity index (χ0n) is 14.8. The van der Waals surface area contributed by atoms with Gasteiger partial charge in [0, 0.05) is 24.4 Å². The van der Waals surface area contributed by atoms with Crippen LogP contribution in [0.2, 0.25) is 0 Å². The van der Waals surface area contributed by atoms with Gasteiger partial charge in [0.15, 0.2) is 0 Å². The van der Waals surface area contributed by atoms with Crippen LogP contribution in [0.5, 0.6) is 0 Å². The number of carbonyl (C=O) groups is 1. The Balaban J connectivity index is 1.54. The number of nitrogens with zero attached hydrogens (tertiary/aromatic N) is 2. The second-order valence-corrected chi connectivity index (χ2v) is 7.11. The molecule has 8 heteroatoms. The van der Waals surface area contributed by atoms with Crippen LogP contribution >= 0.6 is 0 Å². The number of carboxylic acid groups (broad SMARTS) is 1. The highest BCUT2D eigenvalue weighted by Gasteiger charge is 2.42. The minimum Gasteiger partial charge on any atom is -0.465 e. The molecule has 8 nitrogen and oxygen atoms in total. The summed E-state index contributed by atoms with van der Waals surface area (Å²) in [6, 6.07) is 5.54. The molecule has 1 saturated heterocycles. The van der Waals surface area contributed by atoms with Gasteiger partial charge in [-0.1, -0.05) is 6.42 Å². The van der Waals surface area contributed by atoms with Crippen molar-refractivity contribution in [3.05, 3.63) is 42.4 Å². The third-order valence-electron chi connectivity index (χ3n) is 5.41. The lowest BCUT2D eigenvalue weighted by atomic mass is 9.86. The fourth-order valence-electron chi connectivity index (χ4n) is 4.17. The first-order valence-electron chi connectivity index (χ1n) is 9.17. The van der Waals surface area contributed by atoms with Gasteiger partial charge in [0.1, 0.15) is 5.82 Å². The highest BCUT2D eigenvalue weighted by molar-refractivity contribution is 5.70. The predicted molar refractivity (Wildman–Crippen MR) is 101 cm³/mol. The molecule has 4 atom stereocenters. The van der Waals surface area contributed by atoms with Crippen molar-refractivity contribution in [1.82, 2.24) is 15.3 Å². The number of pyridine rings is 2. The number of nitrogens with one attached hydrogen (secondary N) is 2. The van der Waals surface area contributed by atoms with Crippen LogP contribution < -0.4 is 16.4 Å². The molecule has 2 fully saturated rings. The van der Waals surface area contributed by atoms with Gasteiger partial charge in [-0.2, -0.15) is 0 Å². The number of rotatable bonds is 4. The summed E-state index contributed by atoms with van der Waals surface area (Å²) in [4.78, 5) is 19.5. The minimum atomic E-state index is -0.975. The number of ether oxygens (including phenoxy) is 1. The summed E-state index contributed by atoms with van der Waals surface area (Å²) in [7, 11) is 0. The molecule has 1 aliphatic carbocycles. The molecular weight excluding hydrogens is 346 g/mol. The van der Waals surface area contributed by atoms with Gasteiger partial charge in [0.25, 0.3) is 0 Å². The van der Waals surface area contributed by atoms with Crippen LogP contribution in [0.25, 0.3) is 0 Å². The van der Waals surface area contributed by atoms with Crippen molar-refractivity contribution < 1.29 is 14.6 Å². The molecule has 0 bridgehead atoms. The Morgan fingerprint density at radius 2 is 2.19 bits per heavy atom. The zero-order valence-corrected chi connectivity index (χ0v) is 14.8. The normalized spacial score (nSPS) is 27.0. The summed E-state index contributed by atoms with van der Waals surface area (Å²) in [6.07, 6.45) is 7.60. The Morgan fingerprint density at radius 1 is 1.30 bits per heavy atom. The molecule has 2 aromatic rings. The number of amides is 1. The van der Waals surface area contributed by atoms with E-state index in [1.165, 1.54) is 0 Å². The van der Waals surface area contributed by atoms with Gasteiger partial charge in [0.05, 0.1) is 29.8 Å². The first kappa shape index (κ1) is 17.5. The van der Waals surface area contributed by atoms with E-state index < -0.39 is 6.09 Å². The van der Waals surface area contributed by atoms with Crippen LogP contribution in [0.4, 0.5) is 22.0 Å². The Labute approximate surface area is 157 Å². The Bertz CT molecular complexity index is 830. The fourth-order valence-corrected chi connectivity index (χ4v) is 4.17. The van der Waals surface area contributed by atoms with E-state index in [-0.39, 0.29) is 24.2 Å². The van der Waals surface area contributed by atoms with Gasteiger partial charge in [-0.25, -0.2) is 9.78 Å². The molecule has 2 aliphatic rings. The van der Waals surface area contributed by atoms with E-state index in [9.17, 15) is 9.90 Å². The summed E-state index contributed by atoms with van der Waals surface area (Å²) in [5.41, 5.74) is 8.18. The molecule has 3 heterocycles. The Morgan fingerprint density at radius 3 is 3.00 bits per heavy atom. The zero-order chi connectivity index (χ0) is 18.8. The van der Waals surface area contributed by atoms with E-state index in [1.807, 2.05) is 12.1 Å². The van der Waals surface area contributed by atoms with Crippen molar-refractivity contribution in [1.29, 1.82) is 0 Å². The molecule has 142 valence electrons. The molecule has 0 radical (unpaired) electrons. The van der Waals surface area contributed by atoms with Gasteiger partial charge in [-0.3, -0.25) is 4.98 Å². The smallest absolute Gasteiger partial charge is 0.404 e. The van der Waals surface area contributed by atoms with Crippen molar-refractivity contribution in [2.75, 3.05) is 11.1 Å². The van der Waals surface area contributed by atoms with E-state index in [0.717, 1.165) is 30.5 Å². The third-order valence-corrected chi connectivity index (χ3v) is 5.41. The number of nitrogen functional groups attached to an aromatic ring is 1. The molecular formula is C19H23N5O3. The van der Waals surface area contributed by atoms with E-state index in [1.54, 1.807) is 24.7 Å². The molecule has 5 N–H and O–H groups in total. The van der Waals surface area contributed by atoms with Crippen molar-refractivity contribution in [2.45, 2.75) is 43.9 Å². The predicted octanol–water partition coefficient (Wildman–Crippen LogP) is 3.07. The van der Waals surface area contributed by atoms with Crippen molar-refractivity contribution in [3.63, 3.8) is 0 Å². The first-order chi connectivity index (χ1) is 13.1. The molecule has 0 spiro atoms. The number of hydrogen-bond acceptors (Lipinski definition) is 6. The van der Waals surface area contributed by atoms with Gasteiger partial charge in [0.2, 0.25) is 0 Å². The maximum atomic E-state index is 11.2. The quantitative estimate of drug-likeness (QED) is 0.653. The monoisotopic (exact) mass is 369 g/mol. The SMILES string of the molecule is Nc1cnccc1Nc1cc([C@@H]2C[C@H](NC(=O)O)[C@@H]3CCC[C@@H]3O2)ccn1. The molecule has 1 amide bonds. The van der Waals surface area contributed by atoms with Crippen molar-refractivity contribution in [3.8, 4) is 0 Å². The molecule has 2 aromatic heterocycles. The molecule has 0 aromatic carbocycles. The number of aromatic nitrogens is 2. The standard InChI is InChI=1S/C19H23N5O3/c20-13-10-21-6-5-14(13)23-18-8-11(4-7-22-18)17-9-15(24-19(25)26)12-2-1-3-16(12)27-17/h4-8,10,12,15-17,24H,1-3,9,20H2,(H,25,26)(H,21,22,23)/t12-,15-,16-,17-/m0/s1. The number of fused-ring (bicyclic) bond motifs is 1. The van der Waals surface area contributed by atoms with Crippen molar-refractivity contribution >= 4 is 23.3 Å². The average molecular weight is 369 g/mol. The average Bonchev–Trinajstić information content (AvgIpc) is 3.12. The Kier molecular flexibility index (Phi) is 4.81. The summed E-state index contributed by atoms with van der Waals surface area (Å²) >= 11 is 0. The van der Waals surface area contributed by atoms with Crippen LogP contribution in [0.3, 0.4) is 0 Å². The van der Waals surface area contributed by atoms with E-state index in [2.05, 4.69) is 20.6 Å². The van der Waals surface area contributed by atoms with Crippen LogP contribution in [-0.2, 0) is 4.74 Å². The maximum Gasteiger partial charge on any atom is 0.404 e. The minimum absolute atomic E-state index is 0.0887. The lowest BCUT2D eigenvalue weighted by Gasteiger charge is -2.39. The first-order valence-corrected chi connectivity index (χ1v) is 9.17. The molecule has 0 unspecified atom stereocenters. The molecule has 1 aliphatic heterocycles. The lowest BCUT2D eigenvalue weighted by Crippen LogP contribution is -2.47. The van der Waals surface area contributed by atoms with E-state index >= 15 is 0 Å². The van der Waals surface area contributed by atoms with Gasteiger partial charge >= 0.3 is 6.09 Å². The van der Waals surface area contributed by atoms with E-state index in [0.29, 0.717) is 17.9 Å². The number of hydrogen-bond donors (Lipinski definition) is 4. The third kappa shape index (κ3) is 3.80. The Hall–Kier alpha value is -2.87. The van der Waals surface area contributed by atoms with Crippen LogP contribution in [0.1, 0.15) is 37.4 Å². The highest BCUT2D eigenvalue weighted by atomic mass is 16.5. The maximum absolute atomic E-state index is 11.2. The summed E-state index contributed by atoms with van der Waals surface area (Å²) < 4.78 is 6.31. The number of anilines is 3. The summed E-state index contributed by atoms with van der Waals surface area (Å²) in [5.74, 6) is 0.915. The van der Waals surface area contributed by atoms with E-state index in [4.69, 9.17) is 10.5 Å². The van der Waals surface area contributed by atoms with Crippen LogP contribution in [0, 0.1) is 5.92 Å². The fraction of sp³-hybridized carbons (Fsp3) is 0.421. The lowest BCUT2D eigenvalue weighted by molar-refractivity contribution is -0.0849. The van der Waals surface area contributed by atoms with Gasteiger partial charge in [-0.05, 0) is 43.0 Å². The van der Waals surface area contributed by atoms with Gasteiger partial charge in [-0.15, -0.1) is 0 Å². The van der Waals surface area contributed by atoms with Crippen LogP contribution in [0.15, 0.2) is 36.8 Å². The summed E-state index contributed by atoms with van der Waals surface area (Å²) in [5, 5.41) is 15.1. The second-order valence-electron chi connectivity index (χ2n) is 7.11. The van der Waals surface area contributed by atoms with Gasteiger partial charge < -0.3 is 26.2 Å². The molecule has 27 heavy (non-hydrogen) atoms. The molecule has 4 rings (SSSR count). The van der Waals surface area contributed by atoms with Crippen LogP contribution in [-0.4, -0.2) is 33.3 Å². The largest absolute Gasteiger partial charge is 0.465 e. The summed E-state index contributed by atoms with van der Waals surface area (Å²) in [6.45, 7) is 0. The highest BCUT2D eigenvalue weighted by Crippen LogP contribution is 2.42.